The Kier molecular flexibility index (Phi) is 5.20. The molecule has 2 rings (SSSR count). The first-order chi connectivity index (χ1) is 10.5. The number of hydrogen-bond acceptors (Lipinski definition) is 3. The van der Waals surface area contributed by atoms with Crippen LogP contribution in [0.1, 0.15) is 35.5 Å². The van der Waals surface area contributed by atoms with Gasteiger partial charge in [-0.05, 0) is 37.5 Å². The minimum atomic E-state index is -0.154. The molecule has 5 heteroatoms. The summed E-state index contributed by atoms with van der Waals surface area (Å²) in [4.78, 5) is 11.9. The number of aryl methyl sites for hydroxylation is 2. The van der Waals surface area contributed by atoms with E-state index in [0.717, 1.165) is 11.3 Å². The Morgan fingerprint density at radius 1 is 1.32 bits per heavy atom. The van der Waals surface area contributed by atoms with Gasteiger partial charge in [0, 0.05) is 12.7 Å². The van der Waals surface area contributed by atoms with Crippen LogP contribution in [0.3, 0.4) is 0 Å². The van der Waals surface area contributed by atoms with Crippen LogP contribution in [0.2, 0.25) is 0 Å². The van der Waals surface area contributed by atoms with Gasteiger partial charge in [0.05, 0.1) is 0 Å². The van der Waals surface area contributed by atoms with Crippen molar-refractivity contribution in [1.29, 1.82) is 0 Å². The molecule has 0 aliphatic carbocycles. The van der Waals surface area contributed by atoms with E-state index in [0.29, 0.717) is 18.2 Å². The predicted octanol–water partition coefficient (Wildman–Crippen LogP) is 2.92. The van der Waals surface area contributed by atoms with Gasteiger partial charge in [0.25, 0.3) is 5.91 Å². The molecule has 0 unspecified atom stereocenters. The first kappa shape index (κ1) is 16.1. The molecule has 0 aliphatic rings. The molecule has 22 heavy (non-hydrogen) atoms. The molecule has 0 fully saturated rings. The Balaban J connectivity index is 1.93. The van der Waals surface area contributed by atoms with Crippen LogP contribution in [0.4, 0.5) is 0 Å². The van der Waals surface area contributed by atoms with Crippen LogP contribution in [-0.2, 0) is 6.73 Å². The van der Waals surface area contributed by atoms with E-state index in [1.54, 1.807) is 16.9 Å². The topological polar surface area (TPSA) is 56.1 Å². The molecule has 1 aromatic carbocycles. The van der Waals surface area contributed by atoms with Gasteiger partial charge in [0.1, 0.15) is 11.4 Å². The summed E-state index contributed by atoms with van der Waals surface area (Å²) in [5.41, 5.74) is 2.69. The fourth-order valence-electron chi connectivity index (χ4n) is 2.04. The molecule has 118 valence electrons. The number of rotatable bonds is 6. The number of hydrogen-bond donors (Lipinski definition) is 1. The lowest BCUT2D eigenvalue weighted by molar-refractivity contribution is 0.0942. The zero-order valence-corrected chi connectivity index (χ0v) is 13.6. The molecule has 0 aliphatic heterocycles. The maximum Gasteiger partial charge on any atom is 0.271 e. The quantitative estimate of drug-likeness (QED) is 0.892. The summed E-state index contributed by atoms with van der Waals surface area (Å²) in [5, 5.41) is 7.08. The van der Waals surface area contributed by atoms with Gasteiger partial charge in [0.2, 0.25) is 0 Å². The lowest BCUT2D eigenvalue weighted by Crippen LogP contribution is -2.27. The van der Waals surface area contributed by atoms with Crippen LogP contribution < -0.4 is 10.1 Å². The van der Waals surface area contributed by atoms with Crippen LogP contribution in [0.5, 0.6) is 5.75 Å². The first-order valence-electron chi connectivity index (χ1n) is 7.47. The summed E-state index contributed by atoms with van der Waals surface area (Å²) in [6.45, 7) is 9.09. The van der Waals surface area contributed by atoms with Crippen LogP contribution in [0.15, 0.2) is 30.5 Å². The number of ether oxygens (including phenoxy) is 1. The smallest absolute Gasteiger partial charge is 0.271 e. The van der Waals surface area contributed by atoms with Crippen molar-refractivity contribution < 1.29 is 9.53 Å². The molecule has 0 radical (unpaired) electrons. The van der Waals surface area contributed by atoms with Crippen LogP contribution in [-0.4, -0.2) is 22.2 Å². The molecular weight excluding hydrogens is 278 g/mol. The molecule has 5 nitrogen and oxygen atoms in total. The molecular formula is C17H23N3O2. The van der Waals surface area contributed by atoms with Gasteiger partial charge in [-0.2, -0.15) is 5.10 Å². The molecule has 0 bridgehead atoms. The van der Waals surface area contributed by atoms with Crippen molar-refractivity contribution in [3.05, 3.63) is 47.3 Å². The zero-order valence-electron chi connectivity index (χ0n) is 13.6. The molecule has 2 aromatic rings. The molecule has 0 atom stereocenters. The van der Waals surface area contributed by atoms with Gasteiger partial charge >= 0.3 is 0 Å². The molecule has 0 saturated heterocycles. The average Bonchev–Trinajstić information content (AvgIpc) is 2.92. The molecule has 0 saturated carbocycles. The van der Waals surface area contributed by atoms with E-state index in [1.165, 1.54) is 5.56 Å². The fourth-order valence-corrected chi connectivity index (χ4v) is 2.04. The maximum atomic E-state index is 11.9. The second-order valence-electron chi connectivity index (χ2n) is 5.89. The fraction of sp³-hybridized carbons (Fsp3) is 0.412. The van der Waals surface area contributed by atoms with Crippen molar-refractivity contribution >= 4 is 5.91 Å². The van der Waals surface area contributed by atoms with Crippen molar-refractivity contribution in [1.82, 2.24) is 15.1 Å². The molecule has 1 heterocycles. The monoisotopic (exact) mass is 301 g/mol. The van der Waals surface area contributed by atoms with Crippen molar-refractivity contribution in [3.8, 4) is 5.75 Å². The third-order valence-electron chi connectivity index (χ3n) is 3.23. The maximum absolute atomic E-state index is 11.9. The number of carbonyl (C=O) groups is 1. The number of benzene rings is 1. The zero-order chi connectivity index (χ0) is 16.1. The van der Waals surface area contributed by atoms with Gasteiger partial charge in [-0.15, -0.1) is 0 Å². The summed E-state index contributed by atoms with van der Waals surface area (Å²) in [7, 11) is 0. The minimum Gasteiger partial charge on any atom is -0.471 e. The van der Waals surface area contributed by atoms with Gasteiger partial charge in [-0.3, -0.25) is 4.79 Å². The van der Waals surface area contributed by atoms with Gasteiger partial charge in [-0.1, -0.05) is 31.5 Å². The highest BCUT2D eigenvalue weighted by Gasteiger charge is 2.10. The van der Waals surface area contributed by atoms with E-state index in [9.17, 15) is 4.79 Å². The van der Waals surface area contributed by atoms with Gasteiger partial charge in [0.15, 0.2) is 6.73 Å². The van der Waals surface area contributed by atoms with E-state index in [2.05, 4.69) is 30.3 Å². The standard InChI is InChI=1S/C17H23N3O2/c1-12(2)10-18-17(21)15-7-8-20(19-15)11-22-16-6-5-13(3)9-14(16)4/h5-9,12H,10-11H2,1-4H3,(H,18,21). The third-order valence-corrected chi connectivity index (χ3v) is 3.23. The lowest BCUT2D eigenvalue weighted by Gasteiger charge is -2.09. The van der Waals surface area contributed by atoms with Crippen molar-refractivity contribution in [2.75, 3.05) is 6.54 Å². The summed E-state index contributed by atoms with van der Waals surface area (Å²) in [6.07, 6.45) is 1.74. The molecule has 1 aromatic heterocycles. The lowest BCUT2D eigenvalue weighted by atomic mass is 10.1. The van der Waals surface area contributed by atoms with Crippen molar-refractivity contribution in [2.24, 2.45) is 5.92 Å². The Hall–Kier alpha value is -2.30. The van der Waals surface area contributed by atoms with E-state index < -0.39 is 0 Å². The number of nitrogens with zero attached hydrogens (tertiary/aromatic N) is 2. The highest BCUT2D eigenvalue weighted by Crippen LogP contribution is 2.18. The summed E-state index contributed by atoms with van der Waals surface area (Å²) in [5.74, 6) is 1.09. The van der Waals surface area contributed by atoms with E-state index in [4.69, 9.17) is 4.74 Å². The highest BCUT2D eigenvalue weighted by molar-refractivity contribution is 5.92. The van der Waals surface area contributed by atoms with Crippen LogP contribution in [0.25, 0.3) is 0 Å². The molecule has 1 amide bonds. The Bertz CT molecular complexity index is 647. The second kappa shape index (κ2) is 7.11. The second-order valence-corrected chi connectivity index (χ2v) is 5.89. The van der Waals surface area contributed by atoms with Crippen LogP contribution >= 0.6 is 0 Å². The van der Waals surface area contributed by atoms with E-state index in [-0.39, 0.29) is 12.6 Å². The van der Waals surface area contributed by atoms with Crippen LogP contribution in [0, 0.1) is 19.8 Å². The predicted molar refractivity (Wildman–Crippen MR) is 85.9 cm³/mol. The third kappa shape index (κ3) is 4.35. The number of carbonyl (C=O) groups excluding carboxylic acids is 1. The summed E-state index contributed by atoms with van der Waals surface area (Å²) >= 11 is 0. The molecule has 1 N–H and O–H groups in total. The Labute approximate surface area is 131 Å². The number of aromatic nitrogens is 2. The number of nitrogens with one attached hydrogen (secondary N) is 1. The van der Waals surface area contributed by atoms with Crippen molar-refractivity contribution in [2.45, 2.75) is 34.4 Å². The molecule has 0 spiro atoms. The largest absolute Gasteiger partial charge is 0.471 e. The van der Waals surface area contributed by atoms with Gasteiger partial charge < -0.3 is 10.1 Å². The normalized spacial score (nSPS) is 10.8. The van der Waals surface area contributed by atoms with Crippen molar-refractivity contribution in [3.63, 3.8) is 0 Å². The highest BCUT2D eigenvalue weighted by atomic mass is 16.5. The Morgan fingerprint density at radius 3 is 2.77 bits per heavy atom. The average molecular weight is 301 g/mol. The first-order valence-corrected chi connectivity index (χ1v) is 7.47. The SMILES string of the molecule is Cc1ccc(OCn2ccc(C(=O)NCC(C)C)n2)c(C)c1. The summed E-state index contributed by atoms with van der Waals surface area (Å²) in [6, 6.07) is 7.73. The Morgan fingerprint density at radius 2 is 2.09 bits per heavy atom. The minimum absolute atomic E-state index is 0.154. The van der Waals surface area contributed by atoms with Gasteiger partial charge in [-0.25, -0.2) is 4.68 Å². The number of amides is 1. The van der Waals surface area contributed by atoms with E-state index >= 15 is 0 Å². The van der Waals surface area contributed by atoms with E-state index in [1.807, 2.05) is 26.0 Å². The summed E-state index contributed by atoms with van der Waals surface area (Å²) < 4.78 is 7.35.